The van der Waals surface area contributed by atoms with Gasteiger partial charge in [0, 0.05) is 24.2 Å². The van der Waals surface area contributed by atoms with E-state index in [0.29, 0.717) is 17.1 Å². The number of rotatable bonds is 1. The van der Waals surface area contributed by atoms with Crippen LogP contribution < -0.4 is 11.5 Å². The predicted molar refractivity (Wildman–Crippen MR) is 56.3 cm³/mol. The van der Waals surface area contributed by atoms with Gasteiger partial charge in [-0.15, -0.1) is 0 Å². The molecule has 0 saturated carbocycles. The van der Waals surface area contributed by atoms with Crippen molar-refractivity contribution in [3.8, 4) is 11.3 Å². The Hall–Kier alpha value is -2.10. The van der Waals surface area contributed by atoms with E-state index < -0.39 is 0 Å². The Morgan fingerprint density at radius 1 is 0.929 bits per heavy atom. The van der Waals surface area contributed by atoms with Crippen molar-refractivity contribution in [2.24, 2.45) is 0 Å². The molecule has 2 rings (SSSR count). The van der Waals surface area contributed by atoms with Gasteiger partial charge in [0.05, 0.1) is 17.1 Å². The lowest BCUT2D eigenvalue weighted by Crippen LogP contribution is -1.98. The summed E-state index contributed by atoms with van der Waals surface area (Å²) in [7, 11) is 0. The van der Waals surface area contributed by atoms with Crippen molar-refractivity contribution in [1.29, 1.82) is 0 Å². The standard InChI is InChI=1S/C10H10N4/c11-8-3-6-14-10(9(8)12)7-1-4-13-5-2-7/h1-6H,12H2,(H2,11,14). The largest absolute Gasteiger partial charge is 0.397 e. The van der Waals surface area contributed by atoms with Crippen LogP contribution in [0.5, 0.6) is 0 Å². The number of hydrogen-bond donors (Lipinski definition) is 2. The summed E-state index contributed by atoms with van der Waals surface area (Å²) in [6.45, 7) is 0. The van der Waals surface area contributed by atoms with Crippen LogP contribution in [0.3, 0.4) is 0 Å². The zero-order chi connectivity index (χ0) is 9.97. The number of anilines is 2. The van der Waals surface area contributed by atoms with E-state index in [0.717, 1.165) is 5.56 Å². The van der Waals surface area contributed by atoms with Gasteiger partial charge in [0.25, 0.3) is 0 Å². The zero-order valence-corrected chi connectivity index (χ0v) is 7.51. The van der Waals surface area contributed by atoms with Crippen molar-refractivity contribution in [2.75, 3.05) is 11.5 Å². The number of pyridine rings is 2. The molecule has 0 aromatic carbocycles. The van der Waals surface area contributed by atoms with E-state index >= 15 is 0 Å². The molecule has 70 valence electrons. The molecule has 0 radical (unpaired) electrons. The lowest BCUT2D eigenvalue weighted by Gasteiger charge is -2.05. The summed E-state index contributed by atoms with van der Waals surface area (Å²) >= 11 is 0. The highest BCUT2D eigenvalue weighted by Crippen LogP contribution is 2.26. The maximum absolute atomic E-state index is 5.81. The molecular formula is C10H10N4. The van der Waals surface area contributed by atoms with E-state index in [1.54, 1.807) is 24.7 Å². The minimum atomic E-state index is 0.513. The van der Waals surface area contributed by atoms with Gasteiger partial charge >= 0.3 is 0 Å². The molecule has 0 bridgehead atoms. The lowest BCUT2D eigenvalue weighted by molar-refractivity contribution is 1.29. The van der Waals surface area contributed by atoms with Crippen LogP contribution in [0.2, 0.25) is 0 Å². The van der Waals surface area contributed by atoms with E-state index in [4.69, 9.17) is 11.5 Å². The molecule has 0 aliphatic heterocycles. The molecule has 4 heteroatoms. The van der Waals surface area contributed by atoms with Gasteiger partial charge in [-0.05, 0) is 18.2 Å². The fraction of sp³-hybridized carbons (Fsp3) is 0. The molecule has 0 fully saturated rings. The van der Waals surface area contributed by atoms with Crippen LogP contribution in [-0.2, 0) is 0 Å². The molecule has 0 aliphatic rings. The first kappa shape index (κ1) is 8.50. The van der Waals surface area contributed by atoms with Crippen LogP contribution >= 0.6 is 0 Å². The molecular weight excluding hydrogens is 176 g/mol. The second-order valence-electron chi connectivity index (χ2n) is 2.90. The number of hydrogen-bond acceptors (Lipinski definition) is 4. The molecule has 0 spiro atoms. The van der Waals surface area contributed by atoms with Crippen molar-refractivity contribution in [1.82, 2.24) is 9.97 Å². The summed E-state index contributed by atoms with van der Waals surface area (Å²) in [5.41, 5.74) is 14.2. The van der Waals surface area contributed by atoms with Gasteiger partial charge in [-0.3, -0.25) is 9.97 Å². The minimum absolute atomic E-state index is 0.513. The Morgan fingerprint density at radius 3 is 2.36 bits per heavy atom. The van der Waals surface area contributed by atoms with E-state index in [-0.39, 0.29) is 0 Å². The van der Waals surface area contributed by atoms with E-state index in [9.17, 15) is 0 Å². The molecule has 14 heavy (non-hydrogen) atoms. The third-order valence-electron chi connectivity index (χ3n) is 1.98. The Kier molecular flexibility index (Phi) is 2.02. The van der Waals surface area contributed by atoms with Crippen LogP contribution in [0, 0.1) is 0 Å². The predicted octanol–water partition coefficient (Wildman–Crippen LogP) is 1.31. The van der Waals surface area contributed by atoms with Crippen molar-refractivity contribution in [3.63, 3.8) is 0 Å². The topological polar surface area (TPSA) is 77.8 Å². The van der Waals surface area contributed by atoms with Gasteiger partial charge in [0.1, 0.15) is 0 Å². The first-order chi connectivity index (χ1) is 6.79. The van der Waals surface area contributed by atoms with Crippen LogP contribution in [0.4, 0.5) is 11.4 Å². The molecule has 2 heterocycles. The molecule has 2 aromatic heterocycles. The molecule has 4 nitrogen and oxygen atoms in total. The normalized spacial score (nSPS) is 10.0. The number of nitrogens with two attached hydrogens (primary N) is 2. The average Bonchev–Trinajstić information content (AvgIpc) is 2.23. The number of nitrogens with zero attached hydrogens (tertiary/aromatic N) is 2. The van der Waals surface area contributed by atoms with Crippen molar-refractivity contribution >= 4 is 11.4 Å². The van der Waals surface area contributed by atoms with Crippen molar-refractivity contribution < 1.29 is 0 Å². The Bertz CT molecular complexity index is 439. The summed E-state index contributed by atoms with van der Waals surface area (Å²) < 4.78 is 0. The first-order valence-corrected chi connectivity index (χ1v) is 4.19. The molecule has 0 unspecified atom stereocenters. The van der Waals surface area contributed by atoms with Gasteiger partial charge in [0.2, 0.25) is 0 Å². The smallest absolute Gasteiger partial charge is 0.0953 e. The number of aromatic nitrogens is 2. The van der Waals surface area contributed by atoms with Crippen molar-refractivity contribution in [3.05, 3.63) is 36.8 Å². The summed E-state index contributed by atoms with van der Waals surface area (Å²) in [6.07, 6.45) is 5.03. The summed E-state index contributed by atoms with van der Waals surface area (Å²) in [4.78, 5) is 8.10. The van der Waals surface area contributed by atoms with E-state index in [1.807, 2.05) is 12.1 Å². The fourth-order valence-corrected chi connectivity index (χ4v) is 1.23. The Morgan fingerprint density at radius 2 is 1.64 bits per heavy atom. The summed E-state index contributed by atoms with van der Waals surface area (Å²) in [6, 6.07) is 5.37. The maximum atomic E-state index is 5.81. The monoisotopic (exact) mass is 186 g/mol. The fourth-order valence-electron chi connectivity index (χ4n) is 1.23. The Balaban J connectivity index is 2.58. The second-order valence-corrected chi connectivity index (χ2v) is 2.90. The molecule has 0 atom stereocenters. The molecule has 0 aliphatic carbocycles. The second kappa shape index (κ2) is 3.33. The number of nitrogen functional groups attached to an aromatic ring is 2. The van der Waals surface area contributed by atoms with Gasteiger partial charge < -0.3 is 11.5 Å². The molecule has 0 saturated heterocycles. The Labute approximate surface area is 81.6 Å². The van der Waals surface area contributed by atoms with E-state index in [1.165, 1.54) is 0 Å². The quantitative estimate of drug-likeness (QED) is 0.703. The van der Waals surface area contributed by atoms with E-state index in [2.05, 4.69) is 9.97 Å². The van der Waals surface area contributed by atoms with Gasteiger partial charge in [0.15, 0.2) is 0 Å². The van der Waals surface area contributed by atoms with Gasteiger partial charge in [-0.1, -0.05) is 0 Å². The summed E-state index contributed by atoms with van der Waals surface area (Å²) in [5, 5.41) is 0. The first-order valence-electron chi connectivity index (χ1n) is 4.19. The van der Waals surface area contributed by atoms with Crippen LogP contribution in [-0.4, -0.2) is 9.97 Å². The average molecular weight is 186 g/mol. The van der Waals surface area contributed by atoms with Crippen LogP contribution in [0.1, 0.15) is 0 Å². The van der Waals surface area contributed by atoms with Crippen molar-refractivity contribution in [2.45, 2.75) is 0 Å². The lowest BCUT2D eigenvalue weighted by atomic mass is 10.1. The highest BCUT2D eigenvalue weighted by Gasteiger charge is 2.05. The highest BCUT2D eigenvalue weighted by atomic mass is 14.8. The maximum Gasteiger partial charge on any atom is 0.0953 e. The molecule has 2 aromatic rings. The zero-order valence-electron chi connectivity index (χ0n) is 7.51. The van der Waals surface area contributed by atoms with Crippen LogP contribution in [0.25, 0.3) is 11.3 Å². The SMILES string of the molecule is Nc1ccnc(-c2ccncc2)c1N. The minimum Gasteiger partial charge on any atom is -0.397 e. The third-order valence-corrected chi connectivity index (χ3v) is 1.98. The third kappa shape index (κ3) is 1.37. The highest BCUT2D eigenvalue weighted by molar-refractivity contribution is 5.80. The molecule has 0 amide bonds. The summed E-state index contributed by atoms with van der Waals surface area (Å²) in [5.74, 6) is 0. The molecule has 4 N–H and O–H groups in total. The van der Waals surface area contributed by atoms with Crippen LogP contribution in [0.15, 0.2) is 36.8 Å². The van der Waals surface area contributed by atoms with Gasteiger partial charge in [-0.25, -0.2) is 0 Å². The van der Waals surface area contributed by atoms with Gasteiger partial charge in [-0.2, -0.15) is 0 Å².